The normalized spacial score (nSPS) is 10.7. The lowest BCUT2D eigenvalue weighted by atomic mass is 10.2. The van der Waals surface area contributed by atoms with E-state index in [0.29, 0.717) is 17.1 Å². The molecular formula is C14H11FN4O. The van der Waals surface area contributed by atoms with Gasteiger partial charge in [0.1, 0.15) is 11.5 Å². The van der Waals surface area contributed by atoms with E-state index in [9.17, 15) is 4.39 Å². The van der Waals surface area contributed by atoms with Crippen LogP contribution in [0, 0.1) is 12.7 Å². The van der Waals surface area contributed by atoms with Crippen molar-refractivity contribution in [3.63, 3.8) is 0 Å². The van der Waals surface area contributed by atoms with Crippen molar-refractivity contribution in [3.05, 3.63) is 47.9 Å². The number of nitrogens with zero attached hydrogens (tertiary/aromatic N) is 3. The van der Waals surface area contributed by atoms with E-state index in [1.165, 1.54) is 12.1 Å². The molecule has 0 saturated carbocycles. The Morgan fingerprint density at radius 3 is 2.70 bits per heavy atom. The van der Waals surface area contributed by atoms with Crippen LogP contribution in [0.2, 0.25) is 0 Å². The Balaban J connectivity index is 2.04. The number of pyridine rings is 1. The Hall–Kier alpha value is -2.76. The van der Waals surface area contributed by atoms with Crippen LogP contribution < -0.4 is 5.73 Å². The van der Waals surface area contributed by atoms with Gasteiger partial charge in [-0.2, -0.15) is 4.98 Å². The van der Waals surface area contributed by atoms with Crippen LogP contribution in [0.15, 0.2) is 40.9 Å². The van der Waals surface area contributed by atoms with Gasteiger partial charge < -0.3 is 10.3 Å². The zero-order valence-electron chi connectivity index (χ0n) is 10.7. The number of aryl methyl sites for hydroxylation is 1. The Kier molecular flexibility index (Phi) is 2.90. The number of para-hydroxylation sites is 1. The van der Waals surface area contributed by atoms with E-state index >= 15 is 0 Å². The van der Waals surface area contributed by atoms with E-state index in [1.54, 1.807) is 12.1 Å². The Morgan fingerprint density at radius 1 is 1.10 bits per heavy atom. The molecule has 20 heavy (non-hydrogen) atoms. The number of nitrogen functional groups attached to an aromatic ring is 1. The molecule has 5 nitrogen and oxygen atoms in total. The number of hydrogen-bond donors (Lipinski definition) is 1. The second-order valence-electron chi connectivity index (χ2n) is 4.29. The molecule has 0 radical (unpaired) electrons. The van der Waals surface area contributed by atoms with Gasteiger partial charge in [-0.1, -0.05) is 17.3 Å². The summed E-state index contributed by atoms with van der Waals surface area (Å²) in [6, 6.07) is 9.93. The van der Waals surface area contributed by atoms with Crippen LogP contribution in [0.3, 0.4) is 0 Å². The fourth-order valence-corrected chi connectivity index (χ4v) is 1.83. The molecule has 2 N–H and O–H groups in total. The number of benzene rings is 1. The summed E-state index contributed by atoms with van der Waals surface area (Å²) in [6.45, 7) is 1.87. The third kappa shape index (κ3) is 2.11. The average molecular weight is 270 g/mol. The van der Waals surface area contributed by atoms with Gasteiger partial charge in [0.15, 0.2) is 0 Å². The number of anilines is 1. The Morgan fingerprint density at radius 2 is 1.90 bits per heavy atom. The maximum absolute atomic E-state index is 13.4. The first-order valence-corrected chi connectivity index (χ1v) is 5.97. The molecule has 6 heteroatoms. The van der Waals surface area contributed by atoms with E-state index in [2.05, 4.69) is 15.1 Å². The fourth-order valence-electron chi connectivity index (χ4n) is 1.83. The van der Waals surface area contributed by atoms with Crippen LogP contribution in [0.5, 0.6) is 0 Å². The van der Waals surface area contributed by atoms with Gasteiger partial charge in [0.25, 0.3) is 5.89 Å². The standard InChI is InChI=1S/C14H11FN4O/c1-8-4-2-7-11(17-8)13-18-14(20-19-13)9-5-3-6-10(15)12(9)16/h2-7H,16H2,1H3. The lowest BCUT2D eigenvalue weighted by Gasteiger charge is -2.00. The van der Waals surface area contributed by atoms with Gasteiger partial charge >= 0.3 is 0 Å². The topological polar surface area (TPSA) is 77.8 Å². The SMILES string of the molecule is Cc1cccc(-c2noc(-c3cccc(F)c3N)n2)n1. The highest BCUT2D eigenvalue weighted by Gasteiger charge is 2.15. The summed E-state index contributed by atoms with van der Waals surface area (Å²) in [5.74, 6) is -0.0106. The maximum Gasteiger partial charge on any atom is 0.260 e. The molecule has 2 heterocycles. The molecule has 2 aromatic heterocycles. The van der Waals surface area contributed by atoms with Crippen LogP contribution in [0.25, 0.3) is 23.0 Å². The molecule has 0 atom stereocenters. The first kappa shape index (κ1) is 12.3. The zero-order valence-corrected chi connectivity index (χ0v) is 10.7. The summed E-state index contributed by atoms with van der Waals surface area (Å²) in [7, 11) is 0. The van der Waals surface area contributed by atoms with E-state index in [-0.39, 0.29) is 11.6 Å². The number of hydrogen-bond acceptors (Lipinski definition) is 5. The molecule has 0 aliphatic rings. The fraction of sp³-hybridized carbons (Fsp3) is 0.0714. The van der Waals surface area contributed by atoms with Crippen molar-refractivity contribution >= 4 is 5.69 Å². The molecule has 1 aromatic carbocycles. The van der Waals surface area contributed by atoms with E-state index in [4.69, 9.17) is 10.3 Å². The highest BCUT2D eigenvalue weighted by atomic mass is 19.1. The second-order valence-corrected chi connectivity index (χ2v) is 4.29. The summed E-state index contributed by atoms with van der Waals surface area (Å²) in [6.07, 6.45) is 0. The van der Waals surface area contributed by atoms with Crippen molar-refractivity contribution in [2.45, 2.75) is 6.92 Å². The van der Waals surface area contributed by atoms with Crippen LogP contribution in [0.4, 0.5) is 10.1 Å². The average Bonchev–Trinajstić information content (AvgIpc) is 2.91. The molecular weight excluding hydrogens is 259 g/mol. The first-order chi connectivity index (χ1) is 9.65. The number of halogens is 1. The summed E-state index contributed by atoms with van der Waals surface area (Å²) >= 11 is 0. The van der Waals surface area contributed by atoms with E-state index < -0.39 is 5.82 Å². The molecule has 0 amide bonds. The molecule has 3 aromatic rings. The van der Waals surface area contributed by atoms with Crippen LogP contribution in [-0.4, -0.2) is 15.1 Å². The van der Waals surface area contributed by atoms with Gasteiger partial charge in [-0.3, -0.25) is 0 Å². The Bertz CT molecular complexity index is 769. The quantitative estimate of drug-likeness (QED) is 0.724. The Labute approximate surface area is 114 Å². The number of nitrogens with two attached hydrogens (primary N) is 1. The van der Waals surface area contributed by atoms with Crippen molar-refractivity contribution in [3.8, 4) is 23.0 Å². The lowest BCUT2D eigenvalue weighted by Crippen LogP contribution is -1.94. The smallest absolute Gasteiger partial charge is 0.260 e. The number of aromatic nitrogens is 3. The predicted molar refractivity (Wildman–Crippen MR) is 72.1 cm³/mol. The lowest BCUT2D eigenvalue weighted by molar-refractivity contribution is 0.432. The van der Waals surface area contributed by atoms with Gasteiger partial charge in [0.05, 0.1) is 11.3 Å². The summed E-state index contributed by atoms with van der Waals surface area (Å²) < 4.78 is 18.6. The summed E-state index contributed by atoms with van der Waals surface area (Å²) in [5, 5.41) is 3.85. The number of rotatable bonds is 2. The van der Waals surface area contributed by atoms with Crippen molar-refractivity contribution in [2.24, 2.45) is 0 Å². The van der Waals surface area contributed by atoms with Gasteiger partial charge in [-0.15, -0.1) is 0 Å². The third-order valence-corrected chi connectivity index (χ3v) is 2.83. The minimum Gasteiger partial charge on any atom is -0.396 e. The minimum absolute atomic E-state index is 0.0140. The van der Waals surface area contributed by atoms with Crippen molar-refractivity contribution in [1.82, 2.24) is 15.1 Å². The molecule has 100 valence electrons. The molecule has 0 aliphatic carbocycles. The molecule has 0 spiro atoms. The zero-order chi connectivity index (χ0) is 14.1. The molecule has 0 bridgehead atoms. The van der Waals surface area contributed by atoms with E-state index in [1.807, 2.05) is 19.1 Å². The highest BCUT2D eigenvalue weighted by Crippen LogP contribution is 2.27. The maximum atomic E-state index is 13.4. The van der Waals surface area contributed by atoms with Crippen molar-refractivity contribution in [1.29, 1.82) is 0 Å². The second kappa shape index (κ2) is 4.73. The summed E-state index contributed by atoms with van der Waals surface area (Å²) in [4.78, 5) is 8.51. The molecule has 0 aliphatic heterocycles. The minimum atomic E-state index is -0.518. The monoisotopic (exact) mass is 270 g/mol. The van der Waals surface area contributed by atoms with Gasteiger partial charge in [0, 0.05) is 5.69 Å². The van der Waals surface area contributed by atoms with Crippen molar-refractivity contribution < 1.29 is 8.91 Å². The molecule has 0 fully saturated rings. The van der Waals surface area contributed by atoms with Crippen LogP contribution in [0.1, 0.15) is 5.69 Å². The van der Waals surface area contributed by atoms with Crippen LogP contribution >= 0.6 is 0 Å². The molecule has 0 unspecified atom stereocenters. The summed E-state index contributed by atoms with van der Waals surface area (Å²) in [5.41, 5.74) is 7.46. The van der Waals surface area contributed by atoms with E-state index in [0.717, 1.165) is 5.69 Å². The predicted octanol–water partition coefficient (Wildman–Crippen LogP) is 2.83. The first-order valence-electron chi connectivity index (χ1n) is 5.97. The van der Waals surface area contributed by atoms with Gasteiger partial charge in [0.2, 0.25) is 5.82 Å². The van der Waals surface area contributed by atoms with Crippen molar-refractivity contribution in [2.75, 3.05) is 5.73 Å². The highest BCUT2D eigenvalue weighted by molar-refractivity contribution is 5.71. The van der Waals surface area contributed by atoms with Gasteiger partial charge in [-0.05, 0) is 31.2 Å². The van der Waals surface area contributed by atoms with Gasteiger partial charge in [-0.25, -0.2) is 9.37 Å². The molecule has 3 rings (SSSR count). The largest absolute Gasteiger partial charge is 0.396 e. The third-order valence-electron chi connectivity index (χ3n) is 2.83. The van der Waals surface area contributed by atoms with Crippen LogP contribution in [-0.2, 0) is 0 Å². The molecule has 0 saturated heterocycles.